The molecule has 2 aliphatic rings. The van der Waals surface area contributed by atoms with Gasteiger partial charge in [-0.2, -0.15) is 10.1 Å². The van der Waals surface area contributed by atoms with Gasteiger partial charge in [0.15, 0.2) is 5.13 Å². The number of carbonyl (C=O) groups excluding carboxylic acids is 3. The van der Waals surface area contributed by atoms with Crippen LogP contribution in [0.3, 0.4) is 0 Å². The number of hydrazine groups is 1. The second-order valence-corrected chi connectivity index (χ2v) is 11.2. The third-order valence-corrected chi connectivity index (χ3v) is 8.42. The van der Waals surface area contributed by atoms with Crippen molar-refractivity contribution in [3.63, 3.8) is 0 Å². The largest absolute Gasteiger partial charge is 0.375 e. The van der Waals surface area contributed by atoms with Crippen molar-refractivity contribution < 1.29 is 14.4 Å². The molecule has 13 heteroatoms. The highest BCUT2D eigenvalue weighted by Gasteiger charge is 2.52. The number of hydrogen-bond acceptors (Lipinski definition) is 8. The van der Waals surface area contributed by atoms with Crippen LogP contribution in [0.2, 0.25) is 0 Å². The number of nitrogens with two attached hydrogens (primary N) is 1. The molecule has 2 fully saturated rings. The molecule has 0 radical (unpaired) electrons. The van der Waals surface area contributed by atoms with E-state index in [2.05, 4.69) is 20.5 Å². The lowest BCUT2D eigenvalue weighted by molar-refractivity contribution is -0.157. The number of aromatic amines is 1. The number of amides is 4. The molecular weight excluding hydrogens is 530 g/mol. The SMILES string of the molecule is CCCN(C(=O)NC)N1CC(=O)N2[C@@H](Cc3ccc4[nH]ncc4c3)C(=O)N(Cc3cccc4sc(N)nc34)C[C@@H]21. The molecule has 2 aromatic carbocycles. The summed E-state index contributed by atoms with van der Waals surface area (Å²) in [5.41, 5.74) is 9.48. The lowest BCUT2D eigenvalue weighted by Crippen LogP contribution is -2.66. The molecule has 2 aliphatic heterocycles. The molecule has 4 heterocycles. The third-order valence-electron chi connectivity index (χ3n) is 7.57. The molecule has 6 rings (SSSR count). The summed E-state index contributed by atoms with van der Waals surface area (Å²) < 4.78 is 0.956. The van der Waals surface area contributed by atoms with E-state index >= 15 is 0 Å². The minimum atomic E-state index is -0.728. The summed E-state index contributed by atoms with van der Waals surface area (Å²) in [6.07, 6.45) is 2.31. The van der Waals surface area contributed by atoms with E-state index in [0.29, 0.717) is 24.6 Å². The number of carbonyl (C=O) groups is 3. The fourth-order valence-corrected chi connectivity index (χ4v) is 6.56. The summed E-state index contributed by atoms with van der Waals surface area (Å²) in [4.78, 5) is 48.5. The number of hydrogen-bond donors (Lipinski definition) is 3. The molecule has 40 heavy (non-hydrogen) atoms. The zero-order chi connectivity index (χ0) is 28.0. The van der Waals surface area contributed by atoms with Gasteiger partial charge in [-0.3, -0.25) is 19.7 Å². The van der Waals surface area contributed by atoms with Crippen LogP contribution in [0.5, 0.6) is 0 Å². The molecule has 2 atom stereocenters. The van der Waals surface area contributed by atoms with Crippen molar-refractivity contribution in [2.24, 2.45) is 0 Å². The first kappa shape index (κ1) is 26.0. The van der Waals surface area contributed by atoms with Gasteiger partial charge in [0.1, 0.15) is 12.2 Å². The summed E-state index contributed by atoms with van der Waals surface area (Å²) in [5.74, 6) is -0.312. The lowest BCUT2D eigenvalue weighted by Gasteiger charge is -2.46. The molecule has 4 N–H and O–H groups in total. The number of para-hydroxylation sites is 1. The number of rotatable bonds is 7. The zero-order valence-corrected chi connectivity index (χ0v) is 23.1. The average molecular weight is 562 g/mol. The highest BCUT2D eigenvalue weighted by molar-refractivity contribution is 7.22. The number of nitrogen functional groups attached to an aromatic ring is 1. The standard InChI is InChI=1S/C27H31N9O3S/c1-3-9-34(27(39)29-2)35-15-23(37)36-20(11-16-7-8-19-18(10-16)12-30-32-19)25(38)33(14-22(35)36)13-17-5-4-6-21-24(17)31-26(28)40-21/h4-8,10,12,20,22H,3,9,11,13-15H2,1-2H3,(H2,28,31)(H,29,39)(H,30,32)/t20-,22+/m0/s1. The number of H-pyrrole nitrogens is 1. The first-order valence-corrected chi connectivity index (χ1v) is 14.1. The quantitative estimate of drug-likeness (QED) is 0.314. The number of benzene rings is 2. The predicted molar refractivity (Wildman–Crippen MR) is 152 cm³/mol. The van der Waals surface area contributed by atoms with E-state index in [0.717, 1.165) is 38.7 Å². The summed E-state index contributed by atoms with van der Waals surface area (Å²) in [6.45, 7) is 3.03. The summed E-state index contributed by atoms with van der Waals surface area (Å²) in [5, 5.41) is 14.5. The zero-order valence-electron chi connectivity index (χ0n) is 22.3. The maximum Gasteiger partial charge on any atom is 0.331 e. The Hall–Kier alpha value is -4.23. The molecule has 2 saturated heterocycles. The minimum absolute atomic E-state index is 0.0225. The molecule has 0 aliphatic carbocycles. The molecule has 2 aromatic heterocycles. The lowest BCUT2D eigenvalue weighted by atomic mass is 9.99. The molecule has 0 saturated carbocycles. The number of nitrogens with one attached hydrogen (secondary N) is 2. The third kappa shape index (κ3) is 4.50. The van der Waals surface area contributed by atoms with Gasteiger partial charge in [-0.1, -0.05) is 36.5 Å². The fraction of sp³-hybridized carbons (Fsp3) is 0.370. The van der Waals surface area contributed by atoms with E-state index < -0.39 is 12.2 Å². The van der Waals surface area contributed by atoms with Gasteiger partial charge < -0.3 is 20.9 Å². The highest BCUT2D eigenvalue weighted by atomic mass is 32.1. The molecular formula is C27H31N9O3S. The van der Waals surface area contributed by atoms with E-state index in [-0.39, 0.29) is 30.9 Å². The van der Waals surface area contributed by atoms with Gasteiger partial charge in [0.2, 0.25) is 11.8 Å². The Morgan fingerprint density at radius 1 is 1.27 bits per heavy atom. The van der Waals surface area contributed by atoms with Crippen LogP contribution < -0.4 is 11.1 Å². The highest BCUT2D eigenvalue weighted by Crippen LogP contribution is 2.32. The fourth-order valence-electron chi connectivity index (χ4n) is 5.78. The summed E-state index contributed by atoms with van der Waals surface area (Å²) in [6, 6.07) is 10.7. The number of fused-ring (bicyclic) bond motifs is 3. The number of thiazole rings is 1. The van der Waals surface area contributed by atoms with Gasteiger partial charge in [-0.05, 0) is 35.7 Å². The number of nitrogens with zero attached hydrogens (tertiary/aromatic N) is 6. The van der Waals surface area contributed by atoms with Crippen molar-refractivity contribution in [3.05, 3.63) is 53.7 Å². The minimum Gasteiger partial charge on any atom is -0.375 e. The Morgan fingerprint density at radius 3 is 2.92 bits per heavy atom. The van der Waals surface area contributed by atoms with Crippen LogP contribution in [0, 0.1) is 0 Å². The summed E-state index contributed by atoms with van der Waals surface area (Å²) in [7, 11) is 1.58. The van der Waals surface area contributed by atoms with Crippen molar-refractivity contribution in [2.75, 3.05) is 32.4 Å². The van der Waals surface area contributed by atoms with E-state index in [1.807, 2.05) is 43.3 Å². The van der Waals surface area contributed by atoms with E-state index in [1.54, 1.807) is 33.1 Å². The number of aromatic nitrogens is 3. The average Bonchev–Trinajstić information content (AvgIpc) is 3.65. The Kier molecular flexibility index (Phi) is 6.76. The maximum atomic E-state index is 14.1. The Morgan fingerprint density at radius 2 is 2.12 bits per heavy atom. The molecule has 4 amide bonds. The van der Waals surface area contributed by atoms with Crippen LogP contribution in [0.4, 0.5) is 9.93 Å². The Labute approximate surface area is 234 Å². The van der Waals surface area contributed by atoms with Crippen molar-refractivity contribution in [1.29, 1.82) is 0 Å². The molecule has 4 aromatic rings. The van der Waals surface area contributed by atoms with Gasteiger partial charge in [0.25, 0.3) is 0 Å². The monoisotopic (exact) mass is 561 g/mol. The Balaban J connectivity index is 1.38. The molecule has 12 nitrogen and oxygen atoms in total. The van der Waals surface area contributed by atoms with Crippen molar-refractivity contribution in [2.45, 2.75) is 38.5 Å². The molecule has 0 unspecified atom stereocenters. The first-order valence-electron chi connectivity index (χ1n) is 13.3. The smallest absolute Gasteiger partial charge is 0.331 e. The second-order valence-electron chi connectivity index (χ2n) is 10.1. The van der Waals surface area contributed by atoms with Crippen LogP contribution >= 0.6 is 11.3 Å². The first-order chi connectivity index (χ1) is 19.4. The van der Waals surface area contributed by atoms with E-state index in [9.17, 15) is 14.4 Å². The maximum absolute atomic E-state index is 14.1. The van der Waals surface area contributed by atoms with Gasteiger partial charge >= 0.3 is 6.03 Å². The van der Waals surface area contributed by atoms with Crippen molar-refractivity contribution >= 4 is 55.4 Å². The predicted octanol–water partition coefficient (Wildman–Crippen LogP) is 2.15. The van der Waals surface area contributed by atoms with E-state index in [4.69, 9.17) is 5.73 Å². The number of anilines is 1. The van der Waals surface area contributed by atoms with Gasteiger partial charge in [0.05, 0.1) is 35.0 Å². The van der Waals surface area contributed by atoms with Gasteiger partial charge in [0, 0.05) is 31.9 Å². The van der Waals surface area contributed by atoms with Crippen LogP contribution in [0.15, 0.2) is 42.6 Å². The van der Waals surface area contributed by atoms with Crippen molar-refractivity contribution in [3.8, 4) is 0 Å². The molecule has 0 bridgehead atoms. The van der Waals surface area contributed by atoms with Crippen LogP contribution in [-0.4, -0.2) is 91.7 Å². The molecule has 0 spiro atoms. The number of urea groups is 1. The molecule has 208 valence electrons. The topological polar surface area (TPSA) is 144 Å². The van der Waals surface area contributed by atoms with E-state index in [1.165, 1.54) is 11.3 Å². The van der Waals surface area contributed by atoms with Crippen molar-refractivity contribution in [1.82, 2.24) is 40.3 Å². The second kappa shape index (κ2) is 10.4. The van der Waals surface area contributed by atoms with Crippen LogP contribution in [0.1, 0.15) is 24.5 Å². The van der Waals surface area contributed by atoms with Gasteiger partial charge in [-0.15, -0.1) is 0 Å². The van der Waals surface area contributed by atoms with Crippen LogP contribution in [-0.2, 0) is 22.6 Å². The summed E-state index contributed by atoms with van der Waals surface area (Å²) >= 11 is 1.41. The normalized spacial score (nSPS) is 19.6. The Bertz CT molecular complexity index is 1600. The number of piperazine rings is 1. The van der Waals surface area contributed by atoms with Crippen LogP contribution in [0.25, 0.3) is 21.1 Å². The van der Waals surface area contributed by atoms with Gasteiger partial charge in [-0.25, -0.2) is 9.78 Å².